The Morgan fingerprint density at radius 2 is 1.50 bits per heavy atom. The van der Waals surface area contributed by atoms with Gasteiger partial charge in [-0.05, 0) is 52.8 Å². The number of carbonyl (C=O) groups is 3. The summed E-state index contributed by atoms with van der Waals surface area (Å²) in [5.74, 6) is -0.604. The summed E-state index contributed by atoms with van der Waals surface area (Å²) in [7, 11) is 4.64. The SMILES string of the molecule is COc1ccc(COC(=O)[C@H](Cc2ccccc2)NC(=O)C(C)C(OC)C2CCCN2C(=O)OCC2c3ccccc3-c3ccccc32)c(OC)c1. The molecule has 4 atom stereocenters. The number of nitrogens with one attached hydrogen (secondary N) is 1. The number of fused-ring (bicyclic) bond motifs is 3. The minimum atomic E-state index is -0.971. The Kier molecular flexibility index (Phi) is 11.8. The van der Waals surface area contributed by atoms with Gasteiger partial charge >= 0.3 is 12.1 Å². The summed E-state index contributed by atoms with van der Waals surface area (Å²) in [5.41, 5.74) is 6.12. The van der Waals surface area contributed by atoms with Crippen LogP contribution in [0.25, 0.3) is 11.1 Å². The maximum atomic E-state index is 13.9. The highest BCUT2D eigenvalue weighted by Gasteiger charge is 2.42. The number of esters is 1. The summed E-state index contributed by atoms with van der Waals surface area (Å²) in [6.45, 7) is 2.40. The van der Waals surface area contributed by atoms with E-state index >= 15 is 0 Å². The van der Waals surface area contributed by atoms with Gasteiger partial charge in [-0.2, -0.15) is 0 Å². The van der Waals surface area contributed by atoms with Crippen molar-refractivity contribution in [3.63, 3.8) is 0 Å². The fraction of sp³-hybridized carbons (Fsp3) is 0.357. The van der Waals surface area contributed by atoms with Crippen molar-refractivity contribution in [2.24, 2.45) is 5.92 Å². The molecule has 1 N–H and O–H groups in total. The van der Waals surface area contributed by atoms with Gasteiger partial charge < -0.3 is 33.9 Å². The Labute approximate surface area is 305 Å². The summed E-state index contributed by atoms with van der Waals surface area (Å²) in [6, 6.07) is 29.8. The molecule has 4 aromatic rings. The largest absolute Gasteiger partial charge is 0.497 e. The third kappa shape index (κ3) is 7.92. The maximum Gasteiger partial charge on any atom is 0.410 e. The Balaban J connectivity index is 1.12. The second-order valence-electron chi connectivity index (χ2n) is 13.2. The third-order valence-electron chi connectivity index (χ3n) is 10.2. The van der Waals surface area contributed by atoms with Crippen LogP contribution in [0.3, 0.4) is 0 Å². The zero-order valence-corrected chi connectivity index (χ0v) is 30.1. The number of likely N-dealkylation sites (tertiary alicyclic amines) is 1. The van der Waals surface area contributed by atoms with Crippen molar-refractivity contribution >= 4 is 18.0 Å². The molecule has 10 heteroatoms. The highest BCUT2D eigenvalue weighted by Crippen LogP contribution is 2.44. The highest BCUT2D eigenvalue weighted by atomic mass is 16.6. The van der Waals surface area contributed by atoms with Gasteiger partial charge in [0.25, 0.3) is 0 Å². The fourth-order valence-electron chi connectivity index (χ4n) is 7.45. The van der Waals surface area contributed by atoms with Crippen LogP contribution in [0.2, 0.25) is 0 Å². The van der Waals surface area contributed by atoms with Gasteiger partial charge in [0.15, 0.2) is 0 Å². The van der Waals surface area contributed by atoms with E-state index in [9.17, 15) is 14.4 Å². The predicted molar refractivity (Wildman–Crippen MR) is 196 cm³/mol. The van der Waals surface area contributed by atoms with E-state index in [-0.39, 0.29) is 37.5 Å². The maximum absolute atomic E-state index is 13.9. The molecule has 52 heavy (non-hydrogen) atoms. The van der Waals surface area contributed by atoms with Crippen molar-refractivity contribution in [3.05, 3.63) is 119 Å². The summed E-state index contributed by atoms with van der Waals surface area (Å²) in [6.07, 6.45) is 0.559. The molecule has 0 saturated carbocycles. The molecule has 0 radical (unpaired) electrons. The van der Waals surface area contributed by atoms with Crippen LogP contribution in [-0.2, 0) is 36.8 Å². The first-order valence-electron chi connectivity index (χ1n) is 17.7. The number of carbonyl (C=O) groups excluding carboxylic acids is 3. The molecule has 4 aromatic carbocycles. The monoisotopic (exact) mass is 706 g/mol. The van der Waals surface area contributed by atoms with Crippen molar-refractivity contribution < 1.29 is 38.1 Å². The van der Waals surface area contributed by atoms with Gasteiger partial charge in [-0.25, -0.2) is 9.59 Å². The number of ether oxygens (including phenoxy) is 5. The van der Waals surface area contributed by atoms with Crippen LogP contribution in [0.15, 0.2) is 97.1 Å². The Bertz CT molecular complexity index is 1820. The topological polar surface area (TPSA) is 113 Å². The molecule has 272 valence electrons. The van der Waals surface area contributed by atoms with Gasteiger partial charge in [0.05, 0.1) is 32.3 Å². The predicted octanol–water partition coefficient (Wildman–Crippen LogP) is 6.54. The Morgan fingerprint density at radius 1 is 0.827 bits per heavy atom. The highest BCUT2D eigenvalue weighted by molar-refractivity contribution is 5.86. The number of rotatable bonds is 14. The molecular formula is C42H46N2O8. The van der Waals surface area contributed by atoms with E-state index in [1.165, 1.54) is 7.11 Å². The fourth-order valence-corrected chi connectivity index (χ4v) is 7.45. The minimum Gasteiger partial charge on any atom is -0.497 e. The lowest BCUT2D eigenvalue weighted by Crippen LogP contribution is -2.52. The average Bonchev–Trinajstić information content (AvgIpc) is 3.79. The summed E-state index contributed by atoms with van der Waals surface area (Å²) in [5, 5.41) is 2.93. The first kappa shape index (κ1) is 36.4. The van der Waals surface area contributed by atoms with Gasteiger partial charge in [-0.1, -0.05) is 85.8 Å². The van der Waals surface area contributed by atoms with E-state index in [1.807, 2.05) is 54.6 Å². The molecule has 6 rings (SSSR count). The van der Waals surface area contributed by atoms with Crippen LogP contribution in [0, 0.1) is 5.92 Å². The molecule has 1 saturated heterocycles. The molecule has 1 heterocycles. The molecule has 2 aliphatic rings. The van der Waals surface area contributed by atoms with Crippen LogP contribution in [0.1, 0.15) is 47.9 Å². The van der Waals surface area contributed by atoms with Crippen molar-refractivity contribution in [1.29, 1.82) is 0 Å². The van der Waals surface area contributed by atoms with Crippen LogP contribution in [-0.4, -0.2) is 75.5 Å². The lowest BCUT2D eigenvalue weighted by atomic mass is 9.94. The van der Waals surface area contributed by atoms with Crippen molar-refractivity contribution in [1.82, 2.24) is 10.2 Å². The van der Waals surface area contributed by atoms with E-state index < -0.39 is 30.1 Å². The number of methoxy groups -OCH3 is 3. The number of hydrogen-bond acceptors (Lipinski definition) is 8. The molecule has 0 spiro atoms. The zero-order chi connectivity index (χ0) is 36.6. The van der Waals surface area contributed by atoms with Gasteiger partial charge in [-0.15, -0.1) is 0 Å². The normalized spacial score (nSPS) is 16.6. The van der Waals surface area contributed by atoms with Gasteiger partial charge in [0, 0.05) is 37.6 Å². The number of hydrogen-bond donors (Lipinski definition) is 1. The second kappa shape index (κ2) is 16.8. The van der Waals surface area contributed by atoms with E-state index in [0.717, 1.165) is 34.2 Å². The summed E-state index contributed by atoms with van der Waals surface area (Å²) < 4.78 is 28.4. The first-order valence-corrected chi connectivity index (χ1v) is 17.7. The van der Waals surface area contributed by atoms with Crippen molar-refractivity contribution in [2.45, 2.75) is 56.9 Å². The summed E-state index contributed by atoms with van der Waals surface area (Å²) in [4.78, 5) is 42.8. The van der Waals surface area contributed by atoms with Crippen LogP contribution in [0.5, 0.6) is 11.5 Å². The smallest absolute Gasteiger partial charge is 0.410 e. The van der Waals surface area contributed by atoms with Gasteiger partial charge in [0.1, 0.15) is 30.8 Å². The third-order valence-corrected chi connectivity index (χ3v) is 10.2. The lowest BCUT2D eigenvalue weighted by molar-refractivity contribution is -0.150. The van der Waals surface area contributed by atoms with Crippen LogP contribution in [0.4, 0.5) is 4.79 Å². The quantitative estimate of drug-likeness (QED) is 0.147. The number of amides is 2. The van der Waals surface area contributed by atoms with Crippen LogP contribution >= 0.6 is 0 Å². The average molecular weight is 707 g/mol. The van der Waals surface area contributed by atoms with Gasteiger partial charge in [0.2, 0.25) is 5.91 Å². The molecule has 0 aromatic heterocycles. The Hall–Kier alpha value is -5.35. The number of nitrogens with zero attached hydrogens (tertiary/aromatic N) is 1. The Morgan fingerprint density at radius 3 is 2.15 bits per heavy atom. The number of benzene rings is 4. The first-order chi connectivity index (χ1) is 25.3. The van der Waals surface area contributed by atoms with E-state index in [2.05, 4.69) is 29.6 Å². The molecule has 0 bridgehead atoms. The minimum absolute atomic E-state index is 0.0550. The van der Waals surface area contributed by atoms with Crippen molar-refractivity contribution in [3.8, 4) is 22.6 Å². The van der Waals surface area contributed by atoms with Crippen LogP contribution < -0.4 is 14.8 Å². The molecule has 3 unspecified atom stereocenters. The zero-order valence-electron chi connectivity index (χ0n) is 30.1. The molecule has 1 aliphatic heterocycles. The molecule has 2 amide bonds. The lowest BCUT2D eigenvalue weighted by Gasteiger charge is -2.34. The summed E-state index contributed by atoms with van der Waals surface area (Å²) >= 11 is 0. The molecule has 10 nitrogen and oxygen atoms in total. The van der Waals surface area contributed by atoms with E-state index in [4.69, 9.17) is 23.7 Å². The molecule has 1 aliphatic carbocycles. The standard InChI is InChI=1S/C42H46N2O8/c1-27(40(45)43-36(23-28-13-6-5-7-14-28)41(46)51-25-29-20-21-30(48-2)24-38(29)49-3)39(50-4)37-19-12-22-44(37)42(47)52-26-35-33-17-10-8-15-31(33)32-16-9-11-18-34(32)35/h5-11,13-18,20-21,24,27,35-37,39H,12,19,22-23,25-26H2,1-4H3,(H,43,45)/t27?,36-,37?,39?/m0/s1. The van der Waals surface area contributed by atoms with E-state index in [0.29, 0.717) is 30.0 Å². The second-order valence-corrected chi connectivity index (χ2v) is 13.2. The van der Waals surface area contributed by atoms with E-state index in [1.54, 1.807) is 44.2 Å². The molecular weight excluding hydrogens is 660 g/mol. The molecule has 1 fully saturated rings. The van der Waals surface area contributed by atoms with Crippen molar-refractivity contribution in [2.75, 3.05) is 34.5 Å². The van der Waals surface area contributed by atoms with Gasteiger partial charge in [-0.3, -0.25) is 4.79 Å².